The summed E-state index contributed by atoms with van der Waals surface area (Å²) in [6.07, 6.45) is 3.04. The Hall–Kier alpha value is -3.44. The summed E-state index contributed by atoms with van der Waals surface area (Å²) < 4.78 is 0. The monoisotopic (exact) mass is 404 g/mol. The van der Waals surface area contributed by atoms with Crippen molar-refractivity contribution in [3.63, 3.8) is 0 Å². The van der Waals surface area contributed by atoms with Gasteiger partial charge in [-0.25, -0.2) is 0 Å². The molecule has 0 aliphatic carbocycles. The van der Waals surface area contributed by atoms with Crippen LogP contribution in [0.5, 0.6) is 0 Å². The maximum absolute atomic E-state index is 13.1. The lowest BCUT2D eigenvalue weighted by molar-refractivity contribution is -0.132. The van der Waals surface area contributed by atoms with Gasteiger partial charge in [0.15, 0.2) is 0 Å². The second-order valence-corrected chi connectivity index (χ2v) is 7.18. The summed E-state index contributed by atoms with van der Waals surface area (Å²) in [7, 11) is 0. The lowest BCUT2D eigenvalue weighted by Gasteiger charge is -2.27. The fraction of sp³-hybridized carbons (Fsp3) is 0.0870. The van der Waals surface area contributed by atoms with Crippen molar-refractivity contribution in [1.82, 2.24) is 4.98 Å². The van der Waals surface area contributed by atoms with Crippen molar-refractivity contribution in [3.05, 3.63) is 100 Å². The number of nitrogens with zero attached hydrogens (tertiary/aromatic N) is 2. The van der Waals surface area contributed by atoms with Crippen LogP contribution in [0.2, 0.25) is 5.02 Å². The van der Waals surface area contributed by atoms with Crippen molar-refractivity contribution in [1.29, 1.82) is 0 Å². The number of halogens is 1. The largest absolute Gasteiger partial charge is 0.507 e. The summed E-state index contributed by atoms with van der Waals surface area (Å²) in [4.78, 5) is 31.4. The summed E-state index contributed by atoms with van der Waals surface area (Å²) in [5, 5.41) is 11.4. The molecule has 5 nitrogen and oxygen atoms in total. The lowest BCUT2D eigenvalue weighted by atomic mass is 9.95. The van der Waals surface area contributed by atoms with Crippen LogP contribution in [0.3, 0.4) is 0 Å². The molecule has 1 atom stereocenters. The van der Waals surface area contributed by atoms with E-state index < -0.39 is 17.7 Å². The number of pyridine rings is 1. The topological polar surface area (TPSA) is 70.5 Å². The van der Waals surface area contributed by atoms with E-state index in [0.717, 1.165) is 5.56 Å². The first-order chi connectivity index (χ1) is 14.0. The van der Waals surface area contributed by atoms with Crippen LogP contribution in [0.15, 0.2) is 78.6 Å². The van der Waals surface area contributed by atoms with E-state index in [1.54, 1.807) is 30.3 Å². The number of carbonyl (C=O) groups excluding carboxylic acids is 2. The van der Waals surface area contributed by atoms with E-state index in [2.05, 4.69) is 4.98 Å². The van der Waals surface area contributed by atoms with Crippen LogP contribution in [-0.2, 0) is 9.59 Å². The van der Waals surface area contributed by atoms with Gasteiger partial charge in [0, 0.05) is 28.7 Å². The highest BCUT2D eigenvalue weighted by Crippen LogP contribution is 2.43. The number of amides is 1. The standard InChI is InChI=1S/C23H17ClN2O3/c1-14-7-8-17(24)13-18(14)26-20(15-5-3-2-4-6-15)19(22(28)23(26)29)21(27)16-9-11-25-12-10-16/h2-13,20,27H,1H3/b21-19+. The zero-order valence-corrected chi connectivity index (χ0v) is 16.3. The summed E-state index contributed by atoms with van der Waals surface area (Å²) in [5.41, 5.74) is 2.48. The Morgan fingerprint density at radius 1 is 1.03 bits per heavy atom. The number of carbonyl (C=O) groups is 2. The highest BCUT2D eigenvalue weighted by Gasteiger charge is 2.47. The fourth-order valence-electron chi connectivity index (χ4n) is 3.54. The van der Waals surface area contributed by atoms with E-state index in [0.29, 0.717) is 21.8 Å². The first kappa shape index (κ1) is 18.9. The van der Waals surface area contributed by atoms with E-state index in [1.807, 2.05) is 37.3 Å². The number of aryl methyl sites for hydroxylation is 1. The first-order valence-corrected chi connectivity index (χ1v) is 9.39. The number of benzene rings is 2. The molecule has 0 spiro atoms. The number of aliphatic hydroxyl groups is 1. The van der Waals surface area contributed by atoms with Crippen molar-refractivity contribution in [2.75, 3.05) is 4.90 Å². The SMILES string of the molecule is Cc1ccc(Cl)cc1N1C(=O)C(=O)/C(=C(/O)c2ccncc2)C1c1ccccc1. The van der Waals surface area contributed by atoms with Gasteiger partial charge in [0.05, 0.1) is 11.6 Å². The Balaban J connectivity index is 1.98. The minimum atomic E-state index is -0.776. The highest BCUT2D eigenvalue weighted by atomic mass is 35.5. The van der Waals surface area contributed by atoms with Crippen LogP contribution in [0.1, 0.15) is 22.7 Å². The molecule has 1 aliphatic rings. The summed E-state index contributed by atoms with van der Waals surface area (Å²) >= 11 is 6.18. The van der Waals surface area contributed by atoms with Crippen molar-refractivity contribution < 1.29 is 14.7 Å². The van der Waals surface area contributed by atoms with Crippen LogP contribution >= 0.6 is 11.6 Å². The third kappa shape index (κ3) is 3.30. The number of Topliss-reactive ketones (excluding diaryl/α,β-unsaturated/α-hetero) is 1. The molecule has 144 valence electrons. The number of aromatic nitrogens is 1. The summed E-state index contributed by atoms with van der Waals surface area (Å²) in [6.45, 7) is 1.84. The minimum Gasteiger partial charge on any atom is -0.507 e. The Kier molecular flexibility index (Phi) is 4.91. The van der Waals surface area contributed by atoms with Gasteiger partial charge in [0.2, 0.25) is 0 Å². The maximum Gasteiger partial charge on any atom is 0.300 e. The van der Waals surface area contributed by atoms with E-state index in [9.17, 15) is 14.7 Å². The van der Waals surface area contributed by atoms with Gasteiger partial charge in [0.25, 0.3) is 11.7 Å². The van der Waals surface area contributed by atoms with E-state index in [1.165, 1.54) is 17.3 Å². The third-order valence-corrected chi connectivity index (χ3v) is 5.18. The molecule has 1 fully saturated rings. The fourth-order valence-corrected chi connectivity index (χ4v) is 3.71. The smallest absolute Gasteiger partial charge is 0.300 e. The molecule has 2 aromatic carbocycles. The molecule has 1 aliphatic heterocycles. The normalized spacial score (nSPS) is 18.3. The molecule has 1 saturated heterocycles. The van der Waals surface area contributed by atoms with Gasteiger partial charge >= 0.3 is 0 Å². The van der Waals surface area contributed by atoms with Gasteiger partial charge in [-0.05, 0) is 42.3 Å². The van der Waals surface area contributed by atoms with Crippen LogP contribution in [0, 0.1) is 6.92 Å². The molecule has 3 aromatic rings. The molecule has 1 N–H and O–H groups in total. The van der Waals surface area contributed by atoms with Gasteiger partial charge in [-0.15, -0.1) is 0 Å². The molecule has 1 aromatic heterocycles. The van der Waals surface area contributed by atoms with Gasteiger partial charge in [-0.2, -0.15) is 0 Å². The first-order valence-electron chi connectivity index (χ1n) is 9.01. The van der Waals surface area contributed by atoms with Crippen molar-refractivity contribution in [2.45, 2.75) is 13.0 Å². The summed E-state index contributed by atoms with van der Waals surface area (Å²) in [5.74, 6) is -1.69. The lowest BCUT2D eigenvalue weighted by Crippen LogP contribution is -2.30. The number of aliphatic hydroxyl groups excluding tert-OH is 1. The van der Waals surface area contributed by atoms with E-state index in [4.69, 9.17) is 11.6 Å². The number of hydrogen-bond acceptors (Lipinski definition) is 4. The van der Waals surface area contributed by atoms with Gasteiger partial charge in [-0.1, -0.05) is 48.0 Å². The predicted molar refractivity (Wildman–Crippen MR) is 112 cm³/mol. The van der Waals surface area contributed by atoms with E-state index in [-0.39, 0.29) is 11.3 Å². The van der Waals surface area contributed by atoms with Crippen molar-refractivity contribution in [2.24, 2.45) is 0 Å². The molecule has 0 bridgehead atoms. The second-order valence-electron chi connectivity index (χ2n) is 6.75. The average Bonchev–Trinajstić information content (AvgIpc) is 3.01. The molecule has 0 saturated carbocycles. The maximum atomic E-state index is 13.1. The molecular weight excluding hydrogens is 388 g/mol. The Labute approximate surface area is 172 Å². The molecule has 2 heterocycles. The Bertz CT molecular complexity index is 1130. The van der Waals surface area contributed by atoms with Crippen LogP contribution in [0.4, 0.5) is 5.69 Å². The number of anilines is 1. The number of ketones is 1. The molecule has 6 heteroatoms. The predicted octanol–water partition coefficient (Wildman–Crippen LogP) is 4.67. The van der Waals surface area contributed by atoms with Gasteiger partial charge in [-0.3, -0.25) is 19.5 Å². The molecule has 1 unspecified atom stereocenters. The highest BCUT2D eigenvalue weighted by molar-refractivity contribution is 6.52. The molecular formula is C23H17ClN2O3. The van der Waals surface area contributed by atoms with E-state index >= 15 is 0 Å². The quantitative estimate of drug-likeness (QED) is 0.391. The zero-order valence-electron chi connectivity index (χ0n) is 15.5. The van der Waals surface area contributed by atoms with Crippen LogP contribution in [-0.4, -0.2) is 21.8 Å². The third-order valence-electron chi connectivity index (χ3n) is 4.94. The summed E-state index contributed by atoms with van der Waals surface area (Å²) in [6, 6.07) is 16.7. The minimum absolute atomic E-state index is 0.0341. The second kappa shape index (κ2) is 7.53. The molecule has 29 heavy (non-hydrogen) atoms. The molecule has 4 rings (SSSR count). The Morgan fingerprint density at radius 3 is 2.41 bits per heavy atom. The zero-order chi connectivity index (χ0) is 20.5. The Morgan fingerprint density at radius 2 is 1.72 bits per heavy atom. The average molecular weight is 405 g/mol. The van der Waals surface area contributed by atoms with Gasteiger partial charge in [0.1, 0.15) is 5.76 Å². The number of rotatable bonds is 3. The van der Waals surface area contributed by atoms with Crippen LogP contribution < -0.4 is 4.90 Å². The van der Waals surface area contributed by atoms with Crippen LogP contribution in [0.25, 0.3) is 5.76 Å². The molecule has 1 amide bonds. The van der Waals surface area contributed by atoms with Crippen molar-refractivity contribution >= 4 is 34.7 Å². The molecule has 0 radical (unpaired) electrons. The number of hydrogen-bond donors (Lipinski definition) is 1. The van der Waals surface area contributed by atoms with Crippen molar-refractivity contribution in [3.8, 4) is 0 Å². The van der Waals surface area contributed by atoms with Gasteiger partial charge < -0.3 is 5.11 Å².